The van der Waals surface area contributed by atoms with Crippen LogP contribution in [0.15, 0.2) is 0 Å². The molecule has 16 nitrogen and oxygen atoms in total. The van der Waals surface area contributed by atoms with E-state index in [9.17, 15) is 34.2 Å². The number of carbonyl (C=O) groups is 5. The van der Waals surface area contributed by atoms with E-state index in [0.717, 1.165) is 32.1 Å². The average Bonchev–Trinajstić information content (AvgIpc) is 2.91. The molecule has 0 radical (unpaired) electrons. The fraction of sp³-hybridized carbons (Fsp3) is 0.750. The molecule has 3 atom stereocenters. The molecular weight excluding hydrogens is 574 g/mol. The summed E-state index contributed by atoms with van der Waals surface area (Å²) < 4.78 is 0. The van der Waals surface area contributed by atoms with Gasteiger partial charge in [-0.15, -0.1) is 0 Å². The number of nitrogens with one attached hydrogen (secondary N) is 7. The lowest BCUT2D eigenvalue weighted by Gasteiger charge is -2.24. The number of nitrogens with two attached hydrogens (primary N) is 2. The fourth-order valence-electron chi connectivity index (χ4n) is 4.47. The van der Waals surface area contributed by atoms with Gasteiger partial charge < -0.3 is 48.3 Å². The largest absolute Gasteiger partial charge is 0.481 e. The average molecular weight is 628 g/mol. The minimum Gasteiger partial charge on any atom is -0.481 e. The summed E-state index contributed by atoms with van der Waals surface area (Å²) in [5.41, 5.74) is 10.4. The first-order valence-corrected chi connectivity index (χ1v) is 15.2. The molecule has 252 valence electrons. The Balaban J connectivity index is 4.85. The standard InChI is InChI=1S/C28H53N9O7/c1-18(2)16-19(12-13-23(39)36-20(26(43)44)10-9-15-34-28(31)32)35-25(42)21(17-24(40)41)37-22(38)11-7-5-3-4-6-8-14-33-27(29)30/h18-21H,3-17H2,1-2H3,(H,35,42)(H,36,39)(H,37,38)(H,40,41)(H,43,44)(H4,29,30,33)(H4,31,32,34)/t19-,20+,21+/m1/s1. The number of carboxylic acid groups (broad SMARTS) is 2. The molecule has 0 aromatic carbocycles. The van der Waals surface area contributed by atoms with E-state index >= 15 is 0 Å². The third-order valence-corrected chi connectivity index (χ3v) is 6.62. The normalized spacial score (nSPS) is 12.8. The lowest BCUT2D eigenvalue weighted by molar-refractivity contribution is -0.142. The molecule has 0 fully saturated rings. The summed E-state index contributed by atoms with van der Waals surface area (Å²) in [5.74, 6) is -4.19. The van der Waals surface area contributed by atoms with Crippen molar-refractivity contribution in [2.75, 3.05) is 13.1 Å². The van der Waals surface area contributed by atoms with Crippen LogP contribution in [0.25, 0.3) is 0 Å². The molecule has 13 N–H and O–H groups in total. The van der Waals surface area contributed by atoms with Gasteiger partial charge in [-0.05, 0) is 44.4 Å². The molecule has 0 aliphatic carbocycles. The molecule has 0 spiro atoms. The summed E-state index contributed by atoms with van der Waals surface area (Å²) in [5, 5.41) is 46.1. The van der Waals surface area contributed by atoms with Crippen LogP contribution >= 0.6 is 0 Å². The molecule has 0 rings (SSSR count). The van der Waals surface area contributed by atoms with Crippen molar-refractivity contribution in [1.29, 1.82) is 10.8 Å². The van der Waals surface area contributed by atoms with E-state index in [0.29, 0.717) is 25.8 Å². The van der Waals surface area contributed by atoms with Crippen LogP contribution in [0.4, 0.5) is 0 Å². The Kier molecular flexibility index (Phi) is 21.2. The van der Waals surface area contributed by atoms with Crippen molar-refractivity contribution in [2.24, 2.45) is 17.4 Å². The predicted octanol–water partition coefficient (Wildman–Crippen LogP) is 0.303. The van der Waals surface area contributed by atoms with Crippen molar-refractivity contribution in [1.82, 2.24) is 26.6 Å². The molecule has 0 aliphatic rings. The summed E-state index contributed by atoms with van der Waals surface area (Å²) >= 11 is 0. The third kappa shape index (κ3) is 22.5. The highest BCUT2D eigenvalue weighted by atomic mass is 16.4. The Labute approximate surface area is 259 Å². The van der Waals surface area contributed by atoms with Gasteiger partial charge in [-0.2, -0.15) is 0 Å². The van der Waals surface area contributed by atoms with Crippen LogP contribution in [0.3, 0.4) is 0 Å². The molecule has 0 saturated carbocycles. The van der Waals surface area contributed by atoms with E-state index in [1.807, 2.05) is 13.8 Å². The first kappa shape index (κ1) is 39.9. The maximum absolute atomic E-state index is 13.0. The summed E-state index contributed by atoms with van der Waals surface area (Å²) in [6, 6.07) is -2.91. The second kappa shape index (κ2) is 23.4. The van der Waals surface area contributed by atoms with Gasteiger partial charge in [0.15, 0.2) is 11.9 Å². The summed E-state index contributed by atoms with van der Waals surface area (Å²) in [6.45, 7) is 4.78. The monoisotopic (exact) mass is 627 g/mol. The van der Waals surface area contributed by atoms with Crippen molar-refractivity contribution < 1.29 is 34.2 Å². The van der Waals surface area contributed by atoms with Gasteiger partial charge in [-0.25, -0.2) is 4.79 Å². The molecule has 0 heterocycles. The first-order chi connectivity index (χ1) is 20.7. The van der Waals surface area contributed by atoms with E-state index in [4.69, 9.17) is 22.3 Å². The zero-order valence-corrected chi connectivity index (χ0v) is 26.0. The number of aliphatic carboxylic acids is 2. The van der Waals surface area contributed by atoms with Crippen molar-refractivity contribution in [3.63, 3.8) is 0 Å². The van der Waals surface area contributed by atoms with Crippen LogP contribution < -0.4 is 38.1 Å². The number of carbonyl (C=O) groups excluding carboxylic acids is 3. The molecule has 0 saturated heterocycles. The Morgan fingerprint density at radius 3 is 1.75 bits per heavy atom. The SMILES string of the molecule is CC(C)C[C@@H](CCC(=O)N[C@@H](CCCNC(=N)N)C(=O)O)NC(=O)[C@H](CC(=O)O)NC(=O)CCCCCCCCNC(=N)N. The smallest absolute Gasteiger partial charge is 0.326 e. The molecule has 16 heteroatoms. The minimum atomic E-state index is -1.28. The third-order valence-electron chi connectivity index (χ3n) is 6.62. The Hall–Kier alpha value is -4.11. The molecular formula is C28H53N9O7. The number of rotatable bonds is 25. The zero-order valence-electron chi connectivity index (χ0n) is 26.0. The predicted molar refractivity (Wildman–Crippen MR) is 166 cm³/mol. The number of amides is 3. The van der Waals surface area contributed by atoms with Gasteiger partial charge >= 0.3 is 11.9 Å². The Morgan fingerprint density at radius 2 is 1.20 bits per heavy atom. The van der Waals surface area contributed by atoms with Gasteiger partial charge in [0.1, 0.15) is 12.1 Å². The number of guanidine groups is 2. The van der Waals surface area contributed by atoms with Gasteiger partial charge in [0, 0.05) is 32.0 Å². The summed E-state index contributed by atoms with van der Waals surface area (Å²) in [4.78, 5) is 61.0. The maximum Gasteiger partial charge on any atom is 0.326 e. The summed E-state index contributed by atoms with van der Waals surface area (Å²) in [6.07, 6.45) is 5.78. The van der Waals surface area contributed by atoms with Gasteiger partial charge in [-0.1, -0.05) is 39.5 Å². The van der Waals surface area contributed by atoms with Gasteiger partial charge in [0.25, 0.3) is 0 Å². The number of hydrogen-bond acceptors (Lipinski definition) is 7. The number of hydrogen-bond donors (Lipinski definition) is 11. The minimum absolute atomic E-state index is 0.0525. The lowest BCUT2D eigenvalue weighted by atomic mass is 9.98. The van der Waals surface area contributed by atoms with Crippen LogP contribution in [0, 0.1) is 16.7 Å². The first-order valence-electron chi connectivity index (χ1n) is 15.2. The van der Waals surface area contributed by atoms with Crippen molar-refractivity contribution in [2.45, 2.75) is 115 Å². The van der Waals surface area contributed by atoms with E-state index in [-0.39, 0.29) is 50.1 Å². The highest BCUT2D eigenvalue weighted by Crippen LogP contribution is 2.12. The van der Waals surface area contributed by atoms with Crippen molar-refractivity contribution in [3.8, 4) is 0 Å². The Morgan fingerprint density at radius 1 is 0.682 bits per heavy atom. The molecule has 0 aromatic rings. The molecule has 0 aromatic heterocycles. The van der Waals surface area contributed by atoms with Gasteiger partial charge in [-0.3, -0.25) is 30.0 Å². The lowest BCUT2D eigenvalue weighted by Crippen LogP contribution is -2.51. The van der Waals surface area contributed by atoms with E-state index in [1.54, 1.807) is 0 Å². The van der Waals surface area contributed by atoms with Crippen LogP contribution in [-0.2, 0) is 24.0 Å². The van der Waals surface area contributed by atoms with Crippen LogP contribution in [-0.4, -0.2) is 83.0 Å². The Bertz CT molecular complexity index is 946. The van der Waals surface area contributed by atoms with Crippen LogP contribution in [0.1, 0.15) is 97.3 Å². The molecule has 44 heavy (non-hydrogen) atoms. The van der Waals surface area contributed by atoms with Crippen molar-refractivity contribution in [3.05, 3.63) is 0 Å². The van der Waals surface area contributed by atoms with E-state index in [1.165, 1.54) is 0 Å². The highest BCUT2D eigenvalue weighted by Gasteiger charge is 2.27. The number of unbranched alkanes of at least 4 members (excludes halogenated alkanes) is 5. The molecule has 0 unspecified atom stereocenters. The van der Waals surface area contributed by atoms with Crippen molar-refractivity contribution >= 4 is 41.6 Å². The van der Waals surface area contributed by atoms with Gasteiger partial charge in [0.2, 0.25) is 17.7 Å². The molecule has 0 aliphatic heterocycles. The molecule has 3 amide bonds. The topological polar surface area (TPSA) is 286 Å². The van der Waals surface area contributed by atoms with Gasteiger partial charge in [0.05, 0.1) is 6.42 Å². The zero-order chi connectivity index (χ0) is 33.5. The van der Waals surface area contributed by atoms with E-state index in [2.05, 4.69) is 26.6 Å². The van der Waals surface area contributed by atoms with E-state index < -0.39 is 54.2 Å². The second-order valence-corrected chi connectivity index (χ2v) is 11.2. The molecule has 0 bridgehead atoms. The number of carboxylic acids is 2. The summed E-state index contributed by atoms with van der Waals surface area (Å²) in [7, 11) is 0. The van der Waals surface area contributed by atoms with Crippen LogP contribution in [0.2, 0.25) is 0 Å². The maximum atomic E-state index is 13.0. The quantitative estimate of drug-likeness (QED) is 0.0372. The highest BCUT2D eigenvalue weighted by molar-refractivity contribution is 5.91. The fourth-order valence-corrected chi connectivity index (χ4v) is 4.47. The second-order valence-electron chi connectivity index (χ2n) is 11.2. The van der Waals surface area contributed by atoms with Crippen LogP contribution in [0.5, 0.6) is 0 Å².